The van der Waals surface area contributed by atoms with Crippen LogP contribution in [0.1, 0.15) is 63.8 Å². The molecule has 32 heavy (non-hydrogen) atoms. The number of imide groups is 2. The van der Waals surface area contributed by atoms with Crippen LogP contribution >= 0.6 is 0 Å². The lowest BCUT2D eigenvalue weighted by Crippen LogP contribution is -2.54. The Balaban J connectivity index is 1.30. The Morgan fingerprint density at radius 2 is 1.91 bits per heavy atom. The minimum Gasteiger partial charge on any atom is -0.366 e. The summed E-state index contributed by atoms with van der Waals surface area (Å²) in [4.78, 5) is 59.2. The Labute approximate surface area is 183 Å². The Hall–Kier alpha value is -3.66. The third kappa shape index (κ3) is 3.62. The Kier molecular flexibility index (Phi) is 5.14. The number of hydrogen-bond donors (Lipinski definition) is 3. The number of nitrogens with zero attached hydrogens (tertiary/aromatic N) is 3. The number of anilines is 1. The molecule has 0 radical (unpaired) electrons. The van der Waals surface area contributed by atoms with Gasteiger partial charge in [-0.3, -0.25) is 29.4 Å². The van der Waals surface area contributed by atoms with Gasteiger partial charge in [-0.15, -0.1) is 0 Å². The van der Waals surface area contributed by atoms with Gasteiger partial charge in [0.15, 0.2) is 0 Å². The summed E-state index contributed by atoms with van der Waals surface area (Å²) >= 11 is 0. The summed E-state index contributed by atoms with van der Waals surface area (Å²) in [5.74, 6) is -0.609. The molecule has 0 spiro atoms. The average Bonchev–Trinajstić information content (AvgIpc) is 3.41. The zero-order chi connectivity index (χ0) is 22.2. The highest BCUT2D eigenvalue weighted by Gasteiger charge is 2.44. The number of carbonyl (C=O) groups excluding carboxylic acids is 4. The van der Waals surface area contributed by atoms with Crippen molar-refractivity contribution in [2.24, 2.45) is 0 Å². The highest BCUT2D eigenvalue weighted by Crippen LogP contribution is 2.28. The van der Waals surface area contributed by atoms with Crippen molar-refractivity contribution in [3.05, 3.63) is 53.0 Å². The number of fused-ring (bicyclic) bond motifs is 1. The molecule has 2 aromatic rings. The fraction of sp³-hybridized carbons (Fsp3) is 0.364. The SMILES string of the molecule is O=C1CCC(N2C(=O)c3ccc(CNc4ccnc(C5CCCN5)n4)cc3C2=O)C(=O)N1. The van der Waals surface area contributed by atoms with E-state index in [0.717, 1.165) is 35.7 Å². The number of amides is 4. The van der Waals surface area contributed by atoms with Gasteiger partial charge in [0.25, 0.3) is 11.8 Å². The van der Waals surface area contributed by atoms with E-state index in [0.29, 0.717) is 12.4 Å². The predicted molar refractivity (Wildman–Crippen MR) is 112 cm³/mol. The van der Waals surface area contributed by atoms with Crippen LogP contribution in [0.15, 0.2) is 30.5 Å². The molecule has 2 fully saturated rings. The number of hydrogen-bond acceptors (Lipinski definition) is 8. The van der Waals surface area contributed by atoms with Crippen molar-refractivity contribution in [1.82, 2.24) is 25.5 Å². The first-order valence-corrected chi connectivity index (χ1v) is 10.7. The second-order valence-electron chi connectivity index (χ2n) is 8.13. The summed E-state index contributed by atoms with van der Waals surface area (Å²) in [5.41, 5.74) is 1.33. The molecule has 3 N–H and O–H groups in total. The molecule has 4 amide bonds. The summed E-state index contributed by atoms with van der Waals surface area (Å²) in [6, 6.07) is 6.02. The molecule has 3 aliphatic heterocycles. The van der Waals surface area contributed by atoms with Gasteiger partial charge in [0.1, 0.15) is 17.7 Å². The van der Waals surface area contributed by atoms with E-state index in [2.05, 4.69) is 25.9 Å². The summed E-state index contributed by atoms with van der Waals surface area (Å²) in [7, 11) is 0. The quantitative estimate of drug-likeness (QED) is 0.592. The van der Waals surface area contributed by atoms with E-state index in [1.165, 1.54) is 0 Å². The van der Waals surface area contributed by atoms with E-state index < -0.39 is 29.7 Å². The first kappa shape index (κ1) is 20.3. The lowest BCUT2D eigenvalue weighted by Gasteiger charge is -2.27. The zero-order valence-corrected chi connectivity index (χ0v) is 17.3. The maximum Gasteiger partial charge on any atom is 0.262 e. The molecular formula is C22H22N6O4. The topological polar surface area (TPSA) is 133 Å². The average molecular weight is 434 g/mol. The summed E-state index contributed by atoms with van der Waals surface area (Å²) in [6.45, 7) is 1.37. The largest absolute Gasteiger partial charge is 0.366 e. The van der Waals surface area contributed by atoms with Crippen molar-refractivity contribution in [3.63, 3.8) is 0 Å². The van der Waals surface area contributed by atoms with Gasteiger partial charge in [0, 0.05) is 19.2 Å². The third-order valence-corrected chi connectivity index (χ3v) is 6.02. The van der Waals surface area contributed by atoms with Crippen LogP contribution in [0.2, 0.25) is 0 Å². The second-order valence-corrected chi connectivity index (χ2v) is 8.13. The van der Waals surface area contributed by atoms with Crippen molar-refractivity contribution in [3.8, 4) is 0 Å². The zero-order valence-electron chi connectivity index (χ0n) is 17.3. The van der Waals surface area contributed by atoms with Crippen molar-refractivity contribution in [2.45, 2.75) is 44.3 Å². The van der Waals surface area contributed by atoms with Gasteiger partial charge in [0.05, 0.1) is 17.2 Å². The molecule has 10 nitrogen and oxygen atoms in total. The minimum absolute atomic E-state index is 0.0935. The molecule has 2 atom stereocenters. The van der Waals surface area contributed by atoms with Crippen LogP contribution in [0.3, 0.4) is 0 Å². The molecule has 3 aliphatic rings. The van der Waals surface area contributed by atoms with Crippen LogP contribution in [0.25, 0.3) is 0 Å². The second kappa shape index (κ2) is 8.12. The van der Waals surface area contributed by atoms with E-state index in [9.17, 15) is 19.2 Å². The van der Waals surface area contributed by atoms with Crippen molar-refractivity contribution >= 4 is 29.4 Å². The fourth-order valence-electron chi connectivity index (χ4n) is 4.37. The number of rotatable bonds is 5. The van der Waals surface area contributed by atoms with E-state index in [4.69, 9.17) is 0 Å². The number of aromatic nitrogens is 2. The van der Waals surface area contributed by atoms with Crippen molar-refractivity contribution in [1.29, 1.82) is 0 Å². The van der Waals surface area contributed by atoms with Gasteiger partial charge in [-0.1, -0.05) is 6.07 Å². The highest BCUT2D eigenvalue weighted by molar-refractivity contribution is 6.23. The van der Waals surface area contributed by atoms with Crippen LogP contribution in [-0.2, 0) is 16.1 Å². The number of benzene rings is 1. The lowest BCUT2D eigenvalue weighted by atomic mass is 10.0. The minimum atomic E-state index is -0.967. The van der Waals surface area contributed by atoms with Gasteiger partial charge in [-0.25, -0.2) is 9.97 Å². The molecule has 2 saturated heterocycles. The van der Waals surface area contributed by atoms with Gasteiger partial charge in [-0.05, 0) is 49.6 Å². The Morgan fingerprint density at radius 1 is 1.06 bits per heavy atom. The molecule has 2 unspecified atom stereocenters. The van der Waals surface area contributed by atoms with Crippen molar-refractivity contribution in [2.75, 3.05) is 11.9 Å². The maximum absolute atomic E-state index is 12.9. The summed E-state index contributed by atoms with van der Waals surface area (Å²) in [5, 5.41) is 8.81. The Morgan fingerprint density at radius 3 is 2.69 bits per heavy atom. The molecule has 1 aromatic carbocycles. The summed E-state index contributed by atoms with van der Waals surface area (Å²) in [6.07, 6.45) is 4.05. The number of nitrogens with one attached hydrogen (secondary N) is 3. The monoisotopic (exact) mass is 434 g/mol. The van der Waals surface area contributed by atoms with Crippen LogP contribution in [0, 0.1) is 0 Å². The molecule has 0 saturated carbocycles. The van der Waals surface area contributed by atoms with Gasteiger partial charge in [0.2, 0.25) is 11.8 Å². The maximum atomic E-state index is 12.9. The fourth-order valence-corrected chi connectivity index (χ4v) is 4.37. The van der Waals surface area contributed by atoms with Gasteiger partial charge >= 0.3 is 0 Å². The molecule has 164 valence electrons. The number of piperidine rings is 1. The van der Waals surface area contributed by atoms with E-state index in [1.54, 1.807) is 30.5 Å². The molecule has 1 aromatic heterocycles. The van der Waals surface area contributed by atoms with Crippen LogP contribution in [0.5, 0.6) is 0 Å². The standard InChI is InChI=1S/C22H22N6O4/c29-18-6-5-16(20(30)27-18)28-21(31)13-4-3-12(10-14(13)22(28)32)11-25-17-7-9-24-19(26-17)15-2-1-8-23-15/h3-4,7,9-10,15-16,23H,1-2,5-6,8,11H2,(H,24,25,26)(H,27,29,30). The summed E-state index contributed by atoms with van der Waals surface area (Å²) < 4.78 is 0. The lowest BCUT2D eigenvalue weighted by molar-refractivity contribution is -0.136. The number of carbonyl (C=O) groups is 4. The molecule has 5 rings (SSSR count). The highest BCUT2D eigenvalue weighted by atomic mass is 16.2. The van der Waals surface area contributed by atoms with Crippen LogP contribution in [0.4, 0.5) is 5.82 Å². The predicted octanol–water partition coefficient (Wildman–Crippen LogP) is 0.914. The molecule has 0 aliphatic carbocycles. The Bertz CT molecular complexity index is 1130. The molecule has 0 bridgehead atoms. The third-order valence-electron chi connectivity index (χ3n) is 6.02. The molecule has 4 heterocycles. The first-order valence-electron chi connectivity index (χ1n) is 10.7. The van der Waals surface area contributed by atoms with E-state index in [-0.39, 0.29) is 30.0 Å². The van der Waals surface area contributed by atoms with E-state index in [1.807, 2.05) is 0 Å². The van der Waals surface area contributed by atoms with Crippen molar-refractivity contribution < 1.29 is 19.2 Å². The molecular weight excluding hydrogens is 412 g/mol. The van der Waals surface area contributed by atoms with Gasteiger partial charge < -0.3 is 10.6 Å². The van der Waals surface area contributed by atoms with E-state index >= 15 is 0 Å². The van der Waals surface area contributed by atoms with Crippen LogP contribution in [-0.4, -0.2) is 51.1 Å². The normalized spacial score (nSPS) is 22.8. The molecule has 10 heteroatoms. The van der Waals surface area contributed by atoms with Gasteiger partial charge in [-0.2, -0.15) is 0 Å². The first-order chi connectivity index (χ1) is 15.5. The van der Waals surface area contributed by atoms with Crippen LogP contribution < -0.4 is 16.0 Å². The smallest absolute Gasteiger partial charge is 0.262 e.